The monoisotopic (exact) mass is 374 g/mol. The first-order valence-corrected chi connectivity index (χ1v) is 10.1. The number of hydrogen-bond donors (Lipinski definition) is 2. The summed E-state index contributed by atoms with van der Waals surface area (Å²) in [6.45, 7) is 6.34. The molecule has 0 aliphatic carbocycles. The maximum Gasteiger partial charge on any atom is 0.0812 e. The lowest BCUT2D eigenvalue weighted by Crippen LogP contribution is -2.21. The fourth-order valence-corrected chi connectivity index (χ4v) is 3.56. The van der Waals surface area contributed by atoms with Crippen LogP contribution in [-0.4, -0.2) is 18.2 Å². The fraction of sp³-hybridized carbons (Fsp3) is 0.280. The highest BCUT2D eigenvalue weighted by Gasteiger charge is 2.18. The second kappa shape index (κ2) is 9.95. The zero-order chi connectivity index (χ0) is 19.8. The number of anilines is 2. The van der Waals surface area contributed by atoms with Gasteiger partial charge in [-0.1, -0.05) is 60.7 Å². The van der Waals surface area contributed by atoms with Gasteiger partial charge in [-0.25, -0.2) is 0 Å². The third-order valence-electron chi connectivity index (χ3n) is 5.18. The second-order valence-electron chi connectivity index (χ2n) is 6.99. The van der Waals surface area contributed by atoms with Crippen LogP contribution in [0.15, 0.2) is 84.9 Å². The van der Waals surface area contributed by atoms with Gasteiger partial charge in [-0.05, 0) is 49.2 Å². The zero-order valence-electron chi connectivity index (χ0n) is 16.8. The number of aliphatic hydroxyl groups is 1. The van der Waals surface area contributed by atoms with Crippen molar-refractivity contribution in [3.8, 4) is 0 Å². The molecular formula is C25H30N2O. The molecule has 146 valence electrons. The highest BCUT2D eigenvalue weighted by atomic mass is 16.3. The minimum atomic E-state index is -0.520. The van der Waals surface area contributed by atoms with Crippen LogP contribution in [0, 0.1) is 0 Å². The molecule has 3 nitrogen and oxygen atoms in total. The van der Waals surface area contributed by atoms with Gasteiger partial charge in [0.05, 0.1) is 12.1 Å². The molecule has 0 fully saturated rings. The molecule has 3 rings (SSSR count). The number of nitrogens with one attached hydrogen (secondary N) is 1. The van der Waals surface area contributed by atoms with Crippen LogP contribution in [-0.2, 0) is 0 Å². The molecule has 0 radical (unpaired) electrons. The van der Waals surface area contributed by atoms with E-state index in [0.29, 0.717) is 6.42 Å². The first-order chi connectivity index (χ1) is 13.7. The van der Waals surface area contributed by atoms with E-state index in [1.165, 1.54) is 11.3 Å². The van der Waals surface area contributed by atoms with Crippen molar-refractivity contribution in [2.75, 3.05) is 23.3 Å². The molecular weight excluding hydrogens is 344 g/mol. The van der Waals surface area contributed by atoms with Crippen LogP contribution < -0.4 is 10.2 Å². The minimum Gasteiger partial charge on any atom is -0.388 e. The van der Waals surface area contributed by atoms with Crippen LogP contribution >= 0.6 is 0 Å². The van der Waals surface area contributed by atoms with Crippen molar-refractivity contribution in [3.63, 3.8) is 0 Å². The first-order valence-electron chi connectivity index (χ1n) is 10.1. The van der Waals surface area contributed by atoms with Crippen LogP contribution in [0.25, 0.3) is 0 Å². The van der Waals surface area contributed by atoms with Gasteiger partial charge in [0.2, 0.25) is 0 Å². The van der Waals surface area contributed by atoms with E-state index in [2.05, 4.69) is 60.5 Å². The Morgan fingerprint density at radius 3 is 1.82 bits per heavy atom. The van der Waals surface area contributed by atoms with Gasteiger partial charge in [-0.3, -0.25) is 0 Å². The lowest BCUT2D eigenvalue weighted by molar-refractivity contribution is 0.160. The second-order valence-corrected chi connectivity index (χ2v) is 6.99. The molecule has 0 aliphatic rings. The molecule has 0 saturated carbocycles. The third kappa shape index (κ3) is 5.14. The van der Waals surface area contributed by atoms with Crippen LogP contribution in [0.2, 0.25) is 0 Å². The summed E-state index contributed by atoms with van der Waals surface area (Å²) in [6, 6.07) is 28.8. The van der Waals surface area contributed by atoms with E-state index in [1.807, 2.05) is 48.5 Å². The molecule has 3 heteroatoms. The average Bonchev–Trinajstić information content (AvgIpc) is 2.76. The number of benzene rings is 3. The van der Waals surface area contributed by atoms with Crippen LogP contribution in [0.4, 0.5) is 11.4 Å². The molecule has 2 N–H and O–H groups in total. The number of aliphatic hydroxyl groups excluding tert-OH is 1. The van der Waals surface area contributed by atoms with Crippen molar-refractivity contribution < 1.29 is 5.11 Å². The molecule has 0 heterocycles. The Hall–Kier alpha value is -2.78. The van der Waals surface area contributed by atoms with E-state index in [1.54, 1.807) is 0 Å². The first kappa shape index (κ1) is 20.0. The number of rotatable bonds is 9. The fourth-order valence-electron chi connectivity index (χ4n) is 3.56. The van der Waals surface area contributed by atoms with Gasteiger partial charge in [0.15, 0.2) is 0 Å². The summed E-state index contributed by atoms with van der Waals surface area (Å²) in [7, 11) is 0. The van der Waals surface area contributed by atoms with Gasteiger partial charge < -0.3 is 15.3 Å². The van der Waals surface area contributed by atoms with Crippen molar-refractivity contribution in [3.05, 3.63) is 96.1 Å². The van der Waals surface area contributed by atoms with Gasteiger partial charge in [-0.2, -0.15) is 0 Å². The highest BCUT2D eigenvalue weighted by molar-refractivity contribution is 5.56. The van der Waals surface area contributed by atoms with Gasteiger partial charge in [0.1, 0.15) is 0 Å². The van der Waals surface area contributed by atoms with Crippen molar-refractivity contribution in [1.82, 2.24) is 0 Å². The molecule has 3 aromatic carbocycles. The smallest absolute Gasteiger partial charge is 0.0812 e. The van der Waals surface area contributed by atoms with E-state index < -0.39 is 6.10 Å². The molecule has 0 aliphatic heterocycles. The van der Waals surface area contributed by atoms with Gasteiger partial charge in [0, 0.05) is 30.9 Å². The van der Waals surface area contributed by atoms with Gasteiger partial charge in [-0.15, -0.1) is 0 Å². The Morgan fingerprint density at radius 1 is 0.750 bits per heavy atom. The van der Waals surface area contributed by atoms with Crippen molar-refractivity contribution in [2.45, 2.75) is 32.4 Å². The molecule has 0 amide bonds. The molecule has 3 aromatic rings. The summed E-state index contributed by atoms with van der Waals surface area (Å²) < 4.78 is 0. The third-order valence-corrected chi connectivity index (χ3v) is 5.18. The summed E-state index contributed by atoms with van der Waals surface area (Å²) in [5, 5.41) is 14.4. The minimum absolute atomic E-state index is 0.0238. The van der Waals surface area contributed by atoms with E-state index in [4.69, 9.17) is 0 Å². The topological polar surface area (TPSA) is 35.5 Å². The van der Waals surface area contributed by atoms with E-state index in [0.717, 1.165) is 24.3 Å². The Kier molecular flexibility index (Phi) is 7.10. The Bertz CT molecular complexity index is 814. The summed E-state index contributed by atoms with van der Waals surface area (Å²) in [5.41, 5.74) is 4.41. The maximum absolute atomic E-state index is 10.8. The molecule has 2 atom stereocenters. The highest BCUT2D eigenvalue weighted by Crippen LogP contribution is 2.30. The number of nitrogens with zero attached hydrogens (tertiary/aromatic N) is 1. The SMILES string of the molecule is CCN(CC)c1ccc(N[C@@H](C[C@H](O)c2ccccc2)c2ccccc2)cc1. The molecule has 0 spiro atoms. The molecule has 0 unspecified atom stereocenters. The lowest BCUT2D eigenvalue weighted by atomic mass is 9.96. The summed E-state index contributed by atoms with van der Waals surface area (Å²) in [5.74, 6) is 0. The molecule has 0 saturated heterocycles. The zero-order valence-corrected chi connectivity index (χ0v) is 16.8. The maximum atomic E-state index is 10.8. The van der Waals surface area contributed by atoms with Gasteiger partial charge >= 0.3 is 0 Å². The van der Waals surface area contributed by atoms with Crippen molar-refractivity contribution >= 4 is 11.4 Å². The predicted molar refractivity (Wildman–Crippen MR) is 119 cm³/mol. The Morgan fingerprint density at radius 2 is 1.29 bits per heavy atom. The normalized spacial score (nSPS) is 13.0. The van der Waals surface area contributed by atoms with Crippen LogP contribution in [0.3, 0.4) is 0 Å². The number of hydrogen-bond acceptors (Lipinski definition) is 3. The van der Waals surface area contributed by atoms with E-state index >= 15 is 0 Å². The standard InChI is InChI=1S/C25H30N2O/c1-3-27(4-2)23-17-15-22(16-18-23)26-24(20-11-7-5-8-12-20)19-25(28)21-13-9-6-10-14-21/h5-18,24-26,28H,3-4,19H2,1-2H3/t24-,25-/m0/s1. The summed E-state index contributed by atoms with van der Waals surface area (Å²) in [4.78, 5) is 2.33. The van der Waals surface area contributed by atoms with E-state index in [9.17, 15) is 5.11 Å². The lowest BCUT2D eigenvalue weighted by Gasteiger charge is -2.25. The predicted octanol–water partition coefficient (Wildman–Crippen LogP) is 5.81. The van der Waals surface area contributed by atoms with Crippen LogP contribution in [0.1, 0.15) is 43.5 Å². The van der Waals surface area contributed by atoms with E-state index in [-0.39, 0.29) is 6.04 Å². The average molecular weight is 375 g/mol. The Labute approximate surface area is 168 Å². The molecule has 28 heavy (non-hydrogen) atoms. The quantitative estimate of drug-likeness (QED) is 0.496. The van der Waals surface area contributed by atoms with Crippen LogP contribution in [0.5, 0.6) is 0 Å². The largest absolute Gasteiger partial charge is 0.388 e. The van der Waals surface area contributed by atoms with Crippen molar-refractivity contribution in [1.29, 1.82) is 0 Å². The van der Waals surface area contributed by atoms with Crippen molar-refractivity contribution in [2.24, 2.45) is 0 Å². The summed E-state index contributed by atoms with van der Waals surface area (Å²) in [6.07, 6.45) is 0.0834. The summed E-state index contributed by atoms with van der Waals surface area (Å²) >= 11 is 0. The Balaban J connectivity index is 1.78. The van der Waals surface area contributed by atoms with Gasteiger partial charge in [0.25, 0.3) is 0 Å². The molecule has 0 aromatic heterocycles. The molecule has 0 bridgehead atoms.